The summed E-state index contributed by atoms with van der Waals surface area (Å²) in [5.41, 5.74) is 0.941. The summed E-state index contributed by atoms with van der Waals surface area (Å²) in [6.07, 6.45) is 4.31. The Hall–Kier alpha value is -2.03. The Morgan fingerprint density at radius 1 is 1.41 bits per heavy atom. The second-order valence-corrected chi connectivity index (χ2v) is 3.36. The van der Waals surface area contributed by atoms with Crippen molar-refractivity contribution in [3.8, 4) is 5.75 Å². The van der Waals surface area contributed by atoms with Crippen molar-refractivity contribution < 1.29 is 14.3 Å². The third-order valence-electron chi connectivity index (χ3n) is 2.01. The lowest BCUT2D eigenvalue weighted by atomic mass is 10.2. The Kier molecular flexibility index (Phi) is 5.01. The second kappa shape index (κ2) is 6.53. The van der Waals surface area contributed by atoms with Crippen molar-refractivity contribution >= 4 is 12.0 Å². The number of esters is 1. The zero-order valence-electron chi connectivity index (χ0n) is 10.1. The fraction of sp³-hybridized carbons (Fsp3) is 0.214. The number of allylic oxidation sites excluding steroid dienone is 1. The van der Waals surface area contributed by atoms with Crippen molar-refractivity contribution in [3.63, 3.8) is 0 Å². The Balaban J connectivity index is 2.73. The molecule has 3 nitrogen and oxygen atoms in total. The number of ether oxygens (including phenoxy) is 2. The first-order chi connectivity index (χ1) is 8.17. The highest BCUT2D eigenvalue weighted by atomic mass is 16.7. The highest BCUT2D eigenvalue weighted by Gasteiger charge is 2.09. The summed E-state index contributed by atoms with van der Waals surface area (Å²) in [7, 11) is 0. The van der Waals surface area contributed by atoms with Gasteiger partial charge in [0.15, 0.2) is 0 Å². The summed E-state index contributed by atoms with van der Waals surface area (Å²) in [6, 6.07) is 7.54. The van der Waals surface area contributed by atoms with Crippen molar-refractivity contribution in [2.24, 2.45) is 0 Å². The number of carbonyl (C=O) groups is 1. The quantitative estimate of drug-likeness (QED) is 0.444. The lowest BCUT2D eigenvalue weighted by Gasteiger charge is -2.15. The van der Waals surface area contributed by atoms with Gasteiger partial charge in [-0.1, -0.05) is 36.9 Å². The summed E-state index contributed by atoms with van der Waals surface area (Å²) in [6.45, 7) is 6.92. The molecule has 90 valence electrons. The zero-order chi connectivity index (χ0) is 12.7. The molecule has 0 amide bonds. The molecule has 0 saturated heterocycles. The molecular weight excluding hydrogens is 216 g/mol. The van der Waals surface area contributed by atoms with Crippen LogP contribution in [-0.4, -0.2) is 12.3 Å². The summed E-state index contributed by atoms with van der Waals surface area (Å²) in [5, 5.41) is 0. The SMILES string of the molecule is C=CC(=O)OC(C)Oc1ccccc1C=CC. The maximum Gasteiger partial charge on any atom is 0.333 e. The van der Waals surface area contributed by atoms with Crippen LogP contribution in [0.5, 0.6) is 5.75 Å². The van der Waals surface area contributed by atoms with Gasteiger partial charge in [0.1, 0.15) is 5.75 Å². The molecule has 0 fully saturated rings. The Morgan fingerprint density at radius 3 is 2.76 bits per heavy atom. The van der Waals surface area contributed by atoms with Gasteiger partial charge >= 0.3 is 5.97 Å². The largest absolute Gasteiger partial charge is 0.454 e. The number of carbonyl (C=O) groups excluding carboxylic acids is 1. The van der Waals surface area contributed by atoms with Crippen molar-refractivity contribution in [2.75, 3.05) is 0 Å². The Bertz CT molecular complexity index is 421. The summed E-state index contributed by atoms with van der Waals surface area (Å²) in [5.74, 6) is 0.177. The van der Waals surface area contributed by atoms with Gasteiger partial charge in [0, 0.05) is 18.6 Å². The molecule has 1 aromatic carbocycles. The second-order valence-electron chi connectivity index (χ2n) is 3.36. The molecule has 0 N–H and O–H groups in total. The van der Waals surface area contributed by atoms with Crippen LogP contribution in [0.15, 0.2) is 43.0 Å². The number of hydrogen-bond acceptors (Lipinski definition) is 3. The van der Waals surface area contributed by atoms with Crippen LogP contribution >= 0.6 is 0 Å². The molecular formula is C14H16O3. The van der Waals surface area contributed by atoms with Gasteiger partial charge < -0.3 is 9.47 Å². The van der Waals surface area contributed by atoms with Crippen LogP contribution < -0.4 is 4.74 Å². The molecule has 0 spiro atoms. The monoisotopic (exact) mass is 232 g/mol. The van der Waals surface area contributed by atoms with E-state index in [9.17, 15) is 4.79 Å². The highest BCUT2D eigenvalue weighted by Crippen LogP contribution is 2.20. The number of benzene rings is 1. The van der Waals surface area contributed by atoms with E-state index < -0.39 is 12.3 Å². The molecule has 1 unspecified atom stereocenters. The number of para-hydroxylation sites is 1. The lowest BCUT2D eigenvalue weighted by Crippen LogP contribution is -2.19. The van der Waals surface area contributed by atoms with Crippen LogP contribution in [0.3, 0.4) is 0 Å². The van der Waals surface area contributed by atoms with Crippen LogP contribution in [0.4, 0.5) is 0 Å². The van der Waals surface area contributed by atoms with Crippen molar-refractivity contribution in [2.45, 2.75) is 20.1 Å². The molecule has 0 aliphatic heterocycles. The highest BCUT2D eigenvalue weighted by molar-refractivity contribution is 5.81. The number of hydrogen-bond donors (Lipinski definition) is 0. The normalized spacial score (nSPS) is 12.1. The third kappa shape index (κ3) is 4.15. The fourth-order valence-electron chi connectivity index (χ4n) is 1.32. The molecule has 0 saturated carbocycles. The predicted octanol–water partition coefficient (Wildman–Crippen LogP) is 3.17. The van der Waals surface area contributed by atoms with Crippen LogP contribution in [0.2, 0.25) is 0 Å². The van der Waals surface area contributed by atoms with Crippen LogP contribution in [-0.2, 0) is 9.53 Å². The Morgan fingerprint density at radius 2 is 2.12 bits per heavy atom. The molecule has 0 heterocycles. The van der Waals surface area contributed by atoms with Gasteiger partial charge in [0.25, 0.3) is 0 Å². The van der Waals surface area contributed by atoms with E-state index in [1.807, 2.05) is 43.3 Å². The lowest BCUT2D eigenvalue weighted by molar-refractivity contribution is -0.154. The molecule has 1 rings (SSSR count). The molecule has 0 aliphatic carbocycles. The molecule has 17 heavy (non-hydrogen) atoms. The first-order valence-electron chi connectivity index (χ1n) is 5.38. The molecule has 1 aromatic rings. The molecule has 0 radical (unpaired) electrons. The molecule has 3 heteroatoms. The van der Waals surface area contributed by atoms with Crippen LogP contribution in [0.1, 0.15) is 19.4 Å². The van der Waals surface area contributed by atoms with E-state index in [1.54, 1.807) is 6.92 Å². The first-order valence-corrected chi connectivity index (χ1v) is 5.38. The standard InChI is InChI=1S/C14H16O3/c1-4-8-12-9-6-7-10-13(12)16-11(3)17-14(15)5-2/h4-11H,2H2,1,3H3. The molecule has 0 aromatic heterocycles. The van der Waals surface area contributed by atoms with Crippen molar-refractivity contribution in [1.29, 1.82) is 0 Å². The van der Waals surface area contributed by atoms with Gasteiger partial charge in [0.05, 0.1) is 0 Å². The minimum atomic E-state index is -0.646. The van der Waals surface area contributed by atoms with Crippen molar-refractivity contribution in [1.82, 2.24) is 0 Å². The summed E-state index contributed by atoms with van der Waals surface area (Å²) >= 11 is 0. The van der Waals surface area contributed by atoms with Gasteiger partial charge in [-0.25, -0.2) is 4.79 Å². The zero-order valence-corrected chi connectivity index (χ0v) is 10.1. The first kappa shape index (κ1) is 13.0. The molecule has 0 aliphatic rings. The van der Waals surface area contributed by atoms with E-state index in [2.05, 4.69) is 6.58 Å². The minimum absolute atomic E-state index is 0.499. The fourth-order valence-corrected chi connectivity index (χ4v) is 1.32. The van der Waals surface area contributed by atoms with E-state index in [0.29, 0.717) is 5.75 Å². The maximum atomic E-state index is 11.0. The van der Waals surface area contributed by atoms with Gasteiger partial charge in [-0.15, -0.1) is 0 Å². The summed E-state index contributed by atoms with van der Waals surface area (Å²) in [4.78, 5) is 11.0. The minimum Gasteiger partial charge on any atom is -0.454 e. The maximum absolute atomic E-state index is 11.0. The predicted molar refractivity (Wildman–Crippen MR) is 67.5 cm³/mol. The summed E-state index contributed by atoms with van der Waals surface area (Å²) < 4.78 is 10.5. The van der Waals surface area contributed by atoms with Crippen molar-refractivity contribution in [3.05, 3.63) is 48.6 Å². The van der Waals surface area contributed by atoms with Crippen LogP contribution in [0.25, 0.3) is 6.08 Å². The molecule has 1 atom stereocenters. The van der Waals surface area contributed by atoms with E-state index in [4.69, 9.17) is 9.47 Å². The van der Waals surface area contributed by atoms with E-state index >= 15 is 0 Å². The van der Waals surface area contributed by atoms with E-state index in [-0.39, 0.29) is 0 Å². The van der Waals surface area contributed by atoms with Gasteiger partial charge in [0.2, 0.25) is 6.29 Å². The average Bonchev–Trinajstić information content (AvgIpc) is 2.31. The van der Waals surface area contributed by atoms with Gasteiger partial charge in [-0.3, -0.25) is 0 Å². The van der Waals surface area contributed by atoms with Crippen LogP contribution in [0, 0.1) is 0 Å². The average molecular weight is 232 g/mol. The van der Waals surface area contributed by atoms with E-state index in [0.717, 1.165) is 11.6 Å². The van der Waals surface area contributed by atoms with Gasteiger partial charge in [-0.05, 0) is 13.0 Å². The third-order valence-corrected chi connectivity index (χ3v) is 2.01. The topological polar surface area (TPSA) is 35.5 Å². The number of rotatable bonds is 5. The Labute approximate surface area is 101 Å². The van der Waals surface area contributed by atoms with E-state index in [1.165, 1.54) is 0 Å². The van der Waals surface area contributed by atoms with Gasteiger partial charge in [-0.2, -0.15) is 0 Å². The smallest absolute Gasteiger partial charge is 0.333 e. The molecule has 0 bridgehead atoms.